The largest absolute Gasteiger partial charge is 0.343 e. The molecule has 0 spiro atoms. The molecule has 1 aromatic carbocycles. The van der Waals surface area contributed by atoms with Gasteiger partial charge in [0.15, 0.2) is 0 Å². The van der Waals surface area contributed by atoms with Gasteiger partial charge in [-0.15, -0.1) is 11.3 Å². The minimum absolute atomic E-state index is 0.176. The Morgan fingerprint density at radius 1 is 1.20 bits per heavy atom. The van der Waals surface area contributed by atoms with Gasteiger partial charge in [0, 0.05) is 36.3 Å². The molecule has 3 amide bonds. The second-order valence-corrected chi connectivity index (χ2v) is 6.69. The van der Waals surface area contributed by atoms with Crippen molar-refractivity contribution in [1.29, 1.82) is 0 Å². The van der Waals surface area contributed by atoms with Crippen molar-refractivity contribution in [2.45, 2.75) is 25.9 Å². The molecule has 8 heteroatoms. The van der Waals surface area contributed by atoms with Gasteiger partial charge in [0.1, 0.15) is 0 Å². The van der Waals surface area contributed by atoms with E-state index in [0.717, 1.165) is 23.4 Å². The summed E-state index contributed by atoms with van der Waals surface area (Å²) in [5.41, 5.74) is 3.19. The first kappa shape index (κ1) is 17.1. The lowest BCUT2D eigenvalue weighted by atomic mass is 10.2. The number of hydrogen-bond donors (Lipinski definition) is 2. The highest BCUT2D eigenvalue weighted by Gasteiger charge is 2.20. The van der Waals surface area contributed by atoms with Crippen molar-refractivity contribution in [3.8, 4) is 0 Å². The van der Waals surface area contributed by atoms with E-state index in [1.54, 1.807) is 23.8 Å². The standard InChI is InChI=1S/C17H18N4O3S/c22-15-2-1-7-21(15)10-12-3-5-13(6-4-12)20-17(24)16(23)19-9-14-8-18-11-25-14/h3-6,8,11H,1-2,7,9-10H2,(H,19,23)(H,20,24). The van der Waals surface area contributed by atoms with Crippen LogP contribution in [0.4, 0.5) is 5.69 Å². The molecular weight excluding hydrogens is 340 g/mol. The van der Waals surface area contributed by atoms with Crippen LogP contribution in [0.2, 0.25) is 0 Å². The van der Waals surface area contributed by atoms with E-state index in [1.165, 1.54) is 11.3 Å². The van der Waals surface area contributed by atoms with Gasteiger partial charge < -0.3 is 15.5 Å². The molecular formula is C17H18N4O3S. The highest BCUT2D eigenvalue weighted by Crippen LogP contribution is 2.16. The number of aromatic nitrogens is 1. The Morgan fingerprint density at radius 3 is 2.64 bits per heavy atom. The molecule has 0 unspecified atom stereocenters. The van der Waals surface area contributed by atoms with Crippen LogP contribution in [0, 0.1) is 0 Å². The summed E-state index contributed by atoms with van der Waals surface area (Å²) in [6.07, 6.45) is 3.17. The fraction of sp³-hybridized carbons (Fsp3) is 0.294. The number of rotatable bonds is 5. The molecule has 0 radical (unpaired) electrons. The number of nitrogens with one attached hydrogen (secondary N) is 2. The van der Waals surface area contributed by atoms with Crippen LogP contribution in [-0.4, -0.2) is 34.2 Å². The first-order valence-corrected chi connectivity index (χ1v) is 8.83. The summed E-state index contributed by atoms with van der Waals surface area (Å²) in [5, 5.41) is 5.10. The van der Waals surface area contributed by atoms with Crippen molar-refractivity contribution in [2.24, 2.45) is 0 Å². The van der Waals surface area contributed by atoms with Crippen LogP contribution in [0.15, 0.2) is 36.0 Å². The quantitative estimate of drug-likeness (QED) is 0.793. The number of amides is 3. The van der Waals surface area contributed by atoms with E-state index in [9.17, 15) is 14.4 Å². The first-order valence-electron chi connectivity index (χ1n) is 7.95. The van der Waals surface area contributed by atoms with Gasteiger partial charge in [-0.1, -0.05) is 12.1 Å². The lowest BCUT2D eigenvalue weighted by Crippen LogP contribution is -2.34. The van der Waals surface area contributed by atoms with Gasteiger partial charge in [0.05, 0.1) is 12.1 Å². The minimum Gasteiger partial charge on any atom is -0.343 e. The van der Waals surface area contributed by atoms with E-state index >= 15 is 0 Å². The normalized spacial score (nSPS) is 13.8. The molecule has 1 saturated heterocycles. The summed E-state index contributed by atoms with van der Waals surface area (Å²) in [6, 6.07) is 7.14. The maximum atomic E-state index is 11.9. The van der Waals surface area contributed by atoms with Crippen LogP contribution < -0.4 is 10.6 Å². The first-order chi connectivity index (χ1) is 12.1. The van der Waals surface area contributed by atoms with Gasteiger partial charge in [0.2, 0.25) is 5.91 Å². The Kier molecular flexibility index (Phi) is 5.39. The molecule has 7 nitrogen and oxygen atoms in total. The number of carbonyl (C=O) groups excluding carboxylic acids is 3. The number of carbonyl (C=O) groups is 3. The van der Waals surface area contributed by atoms with Gasteiger partial charge in [0.25, 0.3) is 0 Å². The van der Waals surface area contributed by atoms with Crippen molar-refractivity contribution in [3.63, 3.8) is 0 Å². The second-order valence-electron chi connectivity index (χ2n) is 5.72. The maximum Gasteiger partial charge on any atom is 0.313 e. The van der Waals surface area contributed by atoms with E-state index in [2.05, 4.69) is 15.6 Å². The minimum atomic E-state index is -0.716. The molecule has 25 heavy (non-hydrogen) atoms. The van der Waals surface area contributed by atoms with Crippen molar-refractivity contribution in [2.75, 3.05) is 11.9 Å². The molecule has 0 bridgehead atoms. The molecule has 130 valence electrons. The molecule has 3 rings (SSSR count). The van der Waals surface area contributed by atoms with E-state index in [-0.39, 0.29) is 12.5 Å². The van der Waals surface area contributed by atoms with Gasteiger partial charge >= 0.3 is 11.8 Å². The van der Waals surface area contributed by atoms with E-state index in [1.807, 2.05) is 17.0 Å². The summed E-state index contributed by atoms with van der Waals surface area (Å²) >= 11 is 1.41. The molecule has 2 aromatic rings. The van der Waals surface area contributed by atoms with Gasteiger partial charge in [-0.2, -0.15) is 0 Å². The molecule has 0 aliphatic carbocycles. The highest BCUT2D eigenvalue weighted by molar-refractivity contribution is 7.09. The third kappa shape index (κ3) is 4.63. The van der Waals surface area contributed by atoms with Gasteiger partial charge in [-0.25, -0.2) is 0 Å². The Morgan fingerprint density at radius 2 is 2.00 bits per heavy atom. The summed E-state index contributed by atoms with van der Waals surface area (Å²) in [5.74, 6) is -1.23. The summed E-state index contributed by atoms with van der Waals surface area (Å²) in [7, 11) is 0. The molecule has 2 N–H and O–H groups in total. The summed E-state index contributed by atoms with van der Waals surface area (Å²) in [4.78, 5) is 41.9. The third-order valence-electron chi connectivity index (χ3n) is 3.87. The Balaban J connectivity index is 1.49. The van der Waals surface area contributed by atoms with Crippen LogP contribution in [0.5, 0.6) is 0 Å². The van der Waals surface area contributed by atoms with Crippen LogP contribution in [0.1, 0.15) is 23.3 Å². The van der Waals surface area contributed by atoms with Crippen molar-refractivity contribution < 1.29 is 14.4 Å². The van der Waals surface area contributed by atoms with E-state index < -0.39 is 11.8 Å². The summed E-state index contributed by atoms with van der Waals surface area (Å²) < 4.78 is 0. The lowest BCUT2D eigenvalue weighted by molar-refractivity contribution is -0.136. The zero-order valence-corrected chi connectivity index (χ0v) is 14.3. The molecule has 1 aliphatic rings. The number of benzene rings is 1. The lowest BCUT2D eigenvalue weighted by Gasteiger charge is -2.15. The third-order valence-corrected chi connectivity index (χ3v) is 4.65. The molecule has 1 fully saturated rings. The predicted molar refractivity (Wildman–Crippen MR) is 93.7 cm³/mol. The van der Waals surface area contributed by atoms with Gasteiger partial charge in [-0.3, -0.25) is 19.4 Å². The van der Waals surface area contributed by atoms with Crippen molar-refractivity contribution >= 4 is 34.7 Å². The van der Waals surface area contributed by atoms with Crippen molar-refractivity contribution in [1.82, 2.24) is 15.2 Å². The number of anilines is 1. The van der Waals surface area contributed by atoms with Gasteiger partial charge in [-0.05, 0) is 24.1 Å². The number of likely N-dealkylation sites (tertiary alicyclic amines) is 1. The van der Waals surface area contributed by atoms with Crippen molar-refractivity contribution in [3.05, 3.63) is 46.4 Å². The predicted octanol–water partition coefficient (Wildman–Crippen LogP) is 1.52. The molecule has 0 saturated carbocycles. The van der Waals surface area contributed by atoms with Crippen LogP contribution in [0.25, 0.3) is 0 Å². The van der Waals surface area contributed by atoms with Crippen LogP contribution in [-0.2, 0) is 27.5 Å². The topological polar surface area (TPSA) is 91.4 Å². The van der Waals surface area contributed by atoms with Crippen LogP contribution in [0.3, 0.4) is 0 Å². The fourth-order valence-corrected chi connectivity index (χ4v) is 3.08. The van der Waals surface area contributed by atoms with E-state index in [4.69, 9.17) is 0 Å². The number of nitrogens with zero attached hydrogens (tertiary/aromatic N) is 2. The maximum absolute atomic E-state index is 11.9. The highest BCUT2D eigenvalue weighted by atomic mass is 32.1. The SMILES string of the molecule is O=C(NCc1cncs1)C(=O)Nc1ccc(CN2CCCC2=O)cc1. The molecule has 1 aromatic heterocycles. The van der Waals surface area contributed by atoms with Crippen LogP contribution >= 0.6 is 11.3 Å². The zero-order valence-electron chi connectivity index (χ0n) is 13.5. The Bertz CT molecular complexity index is 759. The molecule has 2 heterocycles. The Hall–Kier alpha value is -2.74. The average molecular weight is 358 g/mol. The molecule has 1 aliphatic heterocycles. The fourth-order valence-electron chi connectivity index (χ4n) is 2.55. The van der Waals surface area contributed by atoms with E-state index in [0.29, 0.717) is 18.7 Å². The number of thiazole rings is 1. The second kappa shape index (κ2) is 7.89. The zero-order chi connectivity index (χ0) is 17.6. The molecule has 0 atom stereocenters. The smallest absolute Gasteiger partial charge is 0.313 e. The Labute approximate surface area is 149 Å². The average Bonchev–Trinajstić information content (AvgIpc) is 3.26. The monoisotopic (exact) mass is 358 g/mol. The summed E-state index contributed by atoms with van der Waals surface area (Å²) in [6.45, 7) is 1.64. The number of hydrogen-bond acceptors (Lipinski definition) is 5.